The Morgan fingerprint density at radius 2 is 1.53 bits per heavy atom. The van der Waals surface area contributed by atoms with E-state index < -0.39 is 23.3 Å². The first-order valence-corrected chi connectivity index (χ1v) is 5.82. The second kappa shape index (κ2) is 8.75. The normalized spacial score (nSPS) is 11.1. The molecule has 0 aliphatic heterocycles. The summed E-state index contributed by atoms with van der Waals surface area (Å²) in [4.78, 5) is 22.1. The second-order valence-electron chi connectivity index (χ2n) is 4.51. The number of hydrogen-bond donors (Lipinski definition) is 0. The van der Waals surface area contributed by atoms with Crippen LogP contribution in [0.1, 0.15) is 52.9 Å². The van der Waals surface area contributed by atoms with Crippen LogP contribution < -0.4 is 10.2 Å². The number of carbonyl (C=O) groups excluding carboxylic acids is 2. The number of carbonyl (C=O) groups is 2. The zero-order valence-electron chi connectivity index (χ0n) is 11.0. The van der Waals surface area contributed by atoms with Crippen LogP contribution in [-0.2, 0) is 9.59 Å². The molecule has 0 atom stereocenters. The average molecular weight is 253 g/mol. The average Bonchev–Trinajstić information content (AvgIpc) is 2.16. The molecule has 0 rings (SSSR count). The zero-order valence-corrected chi connectivity index (χ0v) is 12.4. The maximum absolute atomic E-state index is 11.0. The van der Waals surface area contributed by atoms with Gasteiger partial charge in [-0.15, -0.1) is 0 Å². The predicted molar refractivity (Wildman–Crippen MR) is 61.8 cm³/mol. The van der Waals surface area contributed by atoms with Crippen LogP contribution in [0.2, 0.25) is 0 Å². The summed E-state index contributed by atoms with van der Waals surface area (Å²) in [5.74, 6) is -3.58. The smallest absolute Gasteiger partial charge is 0.549 e. The first-order chi connectivity index (χ1) is 7.39. The summed E-state index contributed by atoms with van der Waals surface area (Å²) in [7, 11) is 0. The molecular weight excluding hydrogens is 232 g/mol. The van der Waals surface area contributed by atoms with Crippen LogP contribution in [0.5, 0.6) is 0 Å². The van der Waals surface area contributed by atoms with E-state index >= 15 is 0 Å². The van der Waals surface area contributed by atoms with Crippen molar-refractivity contribution in [1.29, 1.82) is 0 Å². The fourth-order valence-electron chi connectivity index (χ4n) is 1.88. The molecule has 0 heterocycles. The molecule has 0 radical (unpaired) electrons. The maximum atomic E-state index is 11.0. The standard InChI is InChI=1S/C12H22O4.Mg/c1-4-5-6-7-8-12(9(2)3,10(13)14)11(15)16;/h9H,4-8H2,1-3H3,(H,13,14)(H,15,16);/q;+2/p-2. The monoisotopic (exact) mass is 252 g/mol. The Morgan fingerprint density at radius 3 is 1.82 bits per heavy atom. The Hall–Kier alpha value is -0.294. The minimum absolute atomic E-state index is 0. The molecule has 0 aromatic heterocycles. The zero-order chi connectivity index (χ0) is 12.8. The van der Waals surface area contributed by atoms with Crippen LogP contribution in [0, 0.1) is 11.3 Å². The summed E-state index contributed by atoms with van der Waals surface area (Å²) < 4.78 is 0. The molecule has 0 fully saturated rings. The van der Waals surface area contributed by atoms with Gasteiger partial charge in [0.2, 0.25) is 0 Å². The molecule has 0 aliphatic carbocycles. The van der Waals surface area contributed by atoms with Crippen molar-refractivity contribution < 1.29 is 19.8 Å². The van der Waals surface area contributed by atoms with E-state index in [9.17, 15) is 19.8 Å². The van der Waals surface area contributed by atoms with Crippen molar-refractivity contribution in [3.8, 4) is 0 Å². The van der Waals surface area contributed by atoms with Crippen LogP contribution in [0.25, 0.3) is 0 Å². The minimum atomic E-state index is -1.84. The van der Waals surface area contributed by atoms with Crippen LogP contribution in [0.4, 0.5) is 0 Å². The molecule has 17 heavy (non-hydrogen) atoms. The largest absolute Gasteiger partial charge is 2.00 e. The molecule has 0 aromatic carbocycles. The van der Waals surface area contributed by atoms with E-state index in [4.69, 9.17) is 0 Å². The molecule has 0 saturated heterocycles. The first-order valence-electron chi connectivity index (χ1n) is 5.82. The van der Waals surface area contributed by atoms with Crippen LogP contribution in [0.3, 0.4) is 0 Å². The summed E-state index contributed by atoms with van der Waals surface area (Å²) in [6, 6.07) is 0. The van der Waals surface area contributed by atoms with Crippen molar-refractivity contribution in [2.24, 2.45) is 11.3 Å². The minimum Gasteiger partial charge on any atom is -0.549 e. The van der Waals surface area contributed by atoms with E-state index in [2.05, 4.69) is 0 Å². The number of unbranched alkanes of at least 4 members (excludes halogenated alkanes) is 3. The van der Waals surface area contributed by atoms with Gasteiger partial charge in [0.1, 0.15) is 0 Å². The van der Waals surface area contributed by atoms with Gasteiger partial charge in [-0.2, -0.15) is 0 Å². The third-order valence-electron chi connectivity index (χ3n) is 3.14. The third-order valence-corrected chi connectivity index (χ3v) is 3.14. The molecule has 0 N–H and O–H groups in total. The van der Waals surface area contributed by atoms with Gasteiger partial charge in [-0.05, 0) is 12.3 Å². The molecule has 0 amide bonds. The van der Waals surface area contributed by atoms with E-state index in [0.717, 1.165) is 19.3 Å². The number of aliphatic carboxylic acids is 2. The molecule has 0 saturated carbocycles. The summed E-state index contributed by atoms with van der Waals surface area (Å²) in [5.41, 5.74) is -1.84. The maximum Gasteiger partial charge on any atom is 2.00 e. The topological polar surface area (TPSA) is 80.3 Å². The van der Waals surface area contributed by atoms with E-state index in [-0.39, 0.29) is 29.5 Å². The SMILES string of the molecule is CCCCCCC(C(=O)[O-])(C(=O)[O-])C(C)C.[Mg+2]. The van der Waals surface area contributed by atoms with Gasteiger partial charge in [-0.1, -0.05) is 46.5 Å². The van der Waals surface area contributed by atoms with Gasteiger partial charge < -0.3 is 19.8 Å². The van der Waals surface area contributed by atoms with Crippen LogP contribution in [-0.4, -0.2) is 35.0 Å². The van der Waals surface area contributed by atoms with Gasteiger partial charge in [0.05, 0.1) is 17.4 Å². The van der Waals surface area contributed by atoms with Crippen molar-refractivity contribution >= 4 is 35.0 Å². The third kappa shape index (κ3) is 4.83. The molecule has 4 nitrogen and oxygen atoms in total. The number of carboxylic acids is 2. The van der Waals surface area contributed by atoms with Crippen molar-refractivity contribution in [1.82, 2.24) is 0 Å². The Morgan fingerprint density at radius 1 is 1.06 bits per heavy atom. The Labute approximate surface area is 119 Å². The molecule has 0 unspecified atom stereocenters. The number of carboxylic acid groups (broad SMARTS) is 2. The van der Waals surface area contributed by atoms with Gasteiger partial charge in [0, 0.05) is 0 Å². The summed E-state index contributed by atoms with van der Waals surface area (Å²) in [6.45, 7) is 5.18. The Bertz CT molecular complexity index is 237. The molecular formula is C12H20MgO4. The van der Waals surface area contributed by atoms with Gasteiger partial charge in [0.25, 0.3) is 0 Å². The van der Waals surface area contributed by atoms with E-state index in [0.29, 0.717) is 6.42 Å². The summed E-state index contributed by atoms with van der Waals surface area (Å²) in [5, 5.41) is 22.1. The molecule has 0 aliphatic rings. The summed E-state index contributed by atoms with van der Waals surface area (Å²) in [6.07, 6.45) is 3.51. The molecule has 0 aromatic rings. The van der Waals surface area contributed by atoms with Crippen LogP contribution in [0.15, 0.2) is 0 Å². The van der Waals surface area contributed by atoms with Crippen molar-refractivity contribution in [2.75, 3.05) is 0 Å². The van der Waals surface area contributed by atoms with E-state index in [1.807, 2.05) is 6.92 Å². The Kier molecular flexibility index (Phi) is 9.80. The second-order valence-corrected chi connectivity index (χ2v) is 4.51. The Balaban J connectivity index is 0. The van der Waals surface area contributed by atoms with Gasteiger partial charge in [-0.3, -0.25) is 0 Å². The molecule has 0 bridgehead atoms. The van der Waals surface area contributed by atoms with Gasteiger partial charge in [0.15, 0.2) is 0 Å². The fourth-order valence-corrected chi connectivity index (χ4v) is 1.88. The molecule has 5 heteroatoms. The predicted octanol–water partition coefficient (Wildman–Crippen LogP) is -0.282. The van der Waals surface area contributed by atoms with Crippen LogP contribution >= 0.6 is 0 Å². The van der Waals surface area contributed by atoms with Crippen molar-refractivity contribution in [3.05, 3.63) is 0 Å². The molecule has 0 spiro atoms. The van der Waals surface area contributed by atoms with Gasteiger partial charge >= 0.3 is 23.1 Å². The van der Waals surface area contributed by atoms with Crippen molar-refractivity contribution in [2.45, 2.75) is 52.9 Å². The van der Waals surface area contributed by atoms with Gasteiger partial charge in [-0.25, -0.2) is 0 Å². The number of rotatable bonds is 8. The summed E-state index contributed by atoms with van der Waals surface area (Å²) >= 11 is 0. The molecule has 94 valence electrons. The fraction of sp³-hybridized carbons (Fsp3) is 0.833. The van der Waals surface area contributed by atoms with Crippen molar-refractivity contribution in [3.63, 3.8) is 0 Å². The number of hydrogen-bond acceptors (Lipinski definition) is 4. The quantitative estimate of drug-likeness (QED) is 0.338. The first kappa shape index (κ1) is 19.1. The van der Waals surface area contributed by atoms with E-state index in [1.54, 1.807) is 13.8 Å². The van der Waals surface area contributed by atoms with E-state index in [1.165, 1.54) is 0 Å².